The molecular formula is C30H26FNO4. The van der Waals surface area contributed by atoms with Gasteiger partial charge in [0.05, 0.1) is 30.7 Å². The van der Waals surface area contributed by atoms with Crippen LogP contribution < -0.4 is 15.1 Å². The molecule has 4 aromatic rings. The number of fused-ring (bicyclic) bond motifs is 1. The summed E-state index contributed by atoms with van der Waals surface area (Å²) in [6.45, 7) is 6.69. The molecule has 5 nitrogen and oxygen atoms in total. The number of rotatable bonds is 6. The highest BCUT2D eigenvalue weighted by atomic mass is 19.1. The zero-order valence-electron chi connectivity index (χ0n) is 20.6. The summed E-state index contributed by atoms with van der Waals surface area (Å²) in [5.74, 6) is 0.937. The van der Waals surface area contributed by atoms with Gasteiger partial charge in [0, 0.05) is 16.5 Å². The average molecular weight is 484 g/mol. The molecule has 0 bridgehead atoms. The second kappa shape index (κ2) is 10.1. The van der Waals surface area contributed by atoms with E-state index >= 15 is 0 Å². The van der Waals surface area contributed by atoms with Gasteiger partial charge in [-0.3, -0.25) is 0 Å². The summed E-state index contributed by atoms with van der Waals surface area (Å²) in [6, 6.07) is 18.4. The number of para-hydroxylation sites is 1. The quantitative estimate of drug-likeness (QED) is 0.293. The standard InChI is InChI=1S/C30H26FNO4/c1-30(2,3)18-35-28-21(6-5-7-26(28)34-4)12-15-25-27(20-10-8-19(17-32)9-11-20)24-16-22(31)13-14-23(24)29(33)36-25/h5-16H,18H2,1-4H3. The molecule has 0 atom stereocenters. The molecule has 1 heterocycles. The average Bonchev–Trinajstić information content (AvgIpc) is 2.85. The van der Waals surface area contributed by atoms with E-state index in [1.807, 2.05) is 18.2 Å². The van der Waals surface area contributed by atoms with E-state index < -0.39 is 11.4 Å². The van der Waals surface area contributed by atoms with Crippen molar-refractivity contribution in [1.29, 1.82) is 5.26 Å². The van der Waals surface area contributed by atoms with Gasteiger partial charge < -0.3 is 13.9 Å². The van der Waals surface area contributed by atoms with Crippen molar-refractivity contribution in [2.45, 2.75) is 20.8 Å². The van der Waals surface area contributed by atoms with Crippen LogP contribution in [0.4, 0.5) is 4.39 Å². The highest BCUT2D eigenvalue weighted by Gasteiger charge is 2.17. The van der Waals surface area contributed by atoms with Gasteiger partial charge in [-0.05, 0) is 59.5 Å². The second-order valence-corrected chi connectivity index (χ2v) is 9.57. The highest BCUT2D eigenvalue weighted by Crippen LogP contribution is 2.36. The first-order valence-corrected chi connectivity index (χ1v) is 11.4. The SMILES string of the molecule is COc1cccc(C=Cc2oc(=O)c3ccc(F)cc3c2-c2ccc(C#N)cc2)c1OCC(C)(C)C. The molecule has 0 aliphatic heterocycles. The molecule has 36 heavy (non-hydrogen) atoms. The number of methoxy groups -OCH3 is 1. The smallest absolute Gasteiger partial charge is 0.344 e. The number of ether oxygens (including phenoxy) is 2. The maximum absolute atomic E-state index is 14.3. The Balaban J connectivity index is 1.89. The lowest BCUT2D eigenvalue weighted by atomic mass is 9.97. The lowest BCUT2D eigenvalue weighted by molar-refractivity contribution is 0.191. The van der Waals surface area contributed by atoms with Gasteiger partial charge in [0.1, 0.15) is 11.6 Å². The molecule has 0 N–H and O–H groups in total. The van der Waals surface area contributed by atoms with Gasteiger partial charge in [0.2, 0.25) is 0 Å². The molecule has 0 fully saturated rings. The summed E-state index contributed by atoms with van der Waals surface area (Å²) in [5.41, 5.74) is 1.80. The van der Waals surface area contributed by atoms with E-state index in [4.69, 9.17) is 13.9 Å². The van der Waals surface area contributed by atoms with Crippen molar-refractivity contribution in [1.82, 2.24) is 0 Å². The number of nitrogens with zero attached hydrogens (tertiary/aromatic N) is 1. The summed E-state index contributed by atoms with van der Waals surface area (Å²) >= 11 is 0. The van der Waals surface area contributed by atoms with E-state index in [0.29, 0.717) is 40.2 Å². The maximum atomic E-state index is 14.3. The number of nitriles is 1. The monoisotopic (exact) mass is 483 g/mol. The Labute approximate surface area is 209 Å². The summed E-state index contributed by atoms with van der Waals surface area (Å²) in [5, 5.41) is 9.87. The van der Waals surface area contributed by atoms with Crippen LogP contribution in [0.15, 0.2) is 69.9 Å². The minimum Gasteiger partial charge on any atom is -0.493 e. The van der Waals surface area contributed by atoms with E-state index in [2.05, 4.69) is 26.8 Å². The molecule has 0 radical (unpaired) electrons. The Bertz CT molecular complexity index is 1540. The minimum absolute atomic E-state index is 0.0696. The predicted octanol–water partition coefficient (Wildman–Crippen LogP) is 7.07. The number of benzene rings is 3. The largest absolute Gasteiger partial charge is 0.493 e. The van der Waals surface area contributed by atoms with Crippen molar-refractivity contribution in [2.75, 3.05) is 13.7 Å². The van der Waals surface area contributed by atoms with Crippen molar-refractivity contribution in [3.05, 3.63) is 93.8 Å². The summed E-state index contributed by atoms with van der Waals surface area (Å²) < 4.78 is 31.6. The van der Waals surface area contributed by atoms with Crippen LogP contribution in [0.3, 0.4) is 0 Å². The van der Waals surface area contributed by atoms with Crippen LogP contribution in [0.25, 0.3) is 34.1 Å². The van der Waals surface area contributed by atoms with Gasteiger partial charge in [0.25, 0.3) is 0 Å². The topological polar surface area (TPSA) is 72.5 Å². The van der Waals surface area contributed by atoms with Gasteiger partial charge in [-0.25, -0.2) is 9.18 Å². The molecule has 0 amide bonds. The lowest BCUT2D eigenvalue weighted by Crippen LogP contribution is -2.17. The number of hydrogen-bond donors (Lipinski definition) is 0. The molecule has 0 unspecified atom stereocenters. The molecule has 3 aromatic carbocycles. The highest BCUT2D eigenvalue weighted by molar-refractivity contribution is 5.99. The number of halogens is 1. The summed E-state index contributed by atoms with van der Waals surface area (Å²) in [7, 11) is 1.58. The molecule has 4 rings (SSSR count). The van der Waals surface area contributed by atoms with Crippen LogP contribution in [0.5, 0.6) is 11.5 Å². The Morgan fingerprint density at radius 2 is 1.78 bits per heavy atom. The van der Waals surface area contributed by atoms with Crippen molar-refractivity contribution in [2.24, 2.45) is 5.41 Å². The van der Waals surface area contributed by atoms with Crippen LogP contribution in [0, 0.1) is 22.6 Å². The van der Waals surface area contributed by atoms with Crippen LogP contribution in [0.2, 0.25) is 0 Å². The van der Waals surface area contributed by atoms with E-state index in [1.54, 1.807) is 43.5 Å². The minimum atomic E-state index is -0.572. The second-order valence-electron chi connectivity index (χ2n) is 9.57. The van der Waals surface area contributed by atoms with Crippen LogP contribution in [-0.4, -0.2) is 13.7 Å². The molecule has 182 valence electrons. The number of hydrogen-bond acceptors (Lipinski definition) is 5. The van der Waals surface area contributed by atoms with Gasteiger partial charge in [-0.2, -0.15) is 5.26 Å². The Morgan fingerprint density at radius 3 is 2.44 bits per heavy atom. The Hall–Kier alpha value is -4.37. The lowest BCUT2D eigenvalue weighted by Gasteiger charge is -2.21. The van der Waals surface area contributed by atoms with Gasteiger partial charge in [-0.1, -0.05) is 45.0 Å². The van der Waals surface area contributed by atoms with Crippen LogP contribution in [-0.2, 0) is 0 Å². The van der Waals surface area contributed by atoms with Crippen LogP contribution >= 0.6 is 0 Å². The maximum Gasteiger partial charge on any atom is 0.344 e. The third-order valence-electron chi connectivity index (χ3n) is 5.52. The van der Waals surface area contributed by atoms with E-state index in [-0.39, 0.29) is 16.6 Å². The molecule has 0 saturated carbocycles. The Kier molecular flexibility index (Phi) is 6.93. The van der Waals surface area contributed by atoms with Crippen molar-refractivity contribution < 1.29 is 18.3 Å². The third kappa shape index (κ3) is 5.31. The Morgan fingerprint density at radius 1 is 1.03 bits per heavy atom. The molecule has 6 heteroatoms. The zero-order chi connectivity index (χ0) is 25.9. The van der Waals surface area contributed by atoms with Crippen LogP contribution in [0.1, 0.15) is 37.7 Å². The molecule has 0 aliphatic carbocycles. The summed E-state index contributed by atoms with van der Waals surface area (Å²) in [4.78, 5) is 12.8. The van der Waals surface area contributed by atoms with Gasteiger partial charge in [0.15, 0.2) is 11.5 Å². The van der Waals surface area contributed by atoms with Crippen molar-refractivity contribution in [3.8, 4) is 28.7 Å². The molecule has 0 aliphatic rings. The van der Waals surface area contributed by atoms with Crippen molar-refractivity contribution in [3.63, 3.8) is 0 Å². The fourth-order valence-electron chi connectivity index (χ4n) is 3.80. The normalized spacial score (nSPS) is 11.6. The fourth-order valence-corrected chi connectivity index (χ4v) is 3.80. The first kappa shape index (κ1) is 24.7. The van der Waals surface area contributed by atoms with Gasteiger partial charge >= 0.3 is 5.63 Å². The zero-order valence-corrected chi connectivity index (χ0v) is 20.6. The van der Waals surface area contributed by atoms with Crippen molar-refractivity contribution >= 4 is 22.9 Å². The molecular weight excluding hydrogens is 457 g/mol. The summed E-state index contributed by atoms with van der Waals surface area (Å²) in [6.07, 6.45) is 3.44. The van der Waals surface area contributed by atoms with E-state index in [1.165, 1.54) is 18.2 Å². The fraction of sp³-hybridized carbons (Fsp3) is 0.200. The van der Waals surface area contributed by atoms with E-state index in [9.17, 15) is 14.4 Å². The molecule has 1 aromatic heterocycles. The van der Waals surface area contributed by atoms with E-state index in [0.717, 1.165) is 5.56 Å². The first-order chi connectivity index (χ1) is 17.2. The predicted molar refractivity (Wildman–Crippen MR) is 139 cm³/mol. The molecule has 0 spiro atoms. The third-order valence-corrected chi connectivity index (χ3v) is 5.52. The van der Waals surface area contributed by atoms with Gasteiger partial charge in [-0.15, -0.1) is 0 Å². The molecule has 0 saturated heterocycles. The first-order valence-electron chi connectivity index (χ1n) is 11.4.